The van der Waals surface area contributed by atoms with E-state index in [-0.39, 0.29) is 11.7 Å². The molecule has 1 aliphatic rings. The first kappa shape index (κ1) is 21.0. The van der Waals surface area contributed by atoms with E-state index in [4.69, 9.17) is 0 Å². The van der Waals surface area contributed by atoms with Crippen molar-refractivity contribution in [3.05, 3.63) is 45.9 Å². The number of nitrogens with zero attached hydrogens (tertiary/aromatic N) is 5. The summed E-state index contributed by atoms with van der Waals surface area (Å²) in [6, 6.07) is 5.90. The van der Waals surface area contributed by atoms with E-state index in [1.807, 2.05) is 34.0 Å². The van der Waals surface area contributed by atoms with Crippen molar-refractivity contribution in [1.29, 1.82) is 0 Å². The number of pyridine rings is 1. The number of hydrogen-bond acceptors (Lipinski definition) is 7. The van der Waals surface area contributed by atoms with E-state index in [0.717, 1.165) is 16.7 Å². The first-order valence-corrected chi connectivity index (χ1v) is 12.8. The van der Waals surface area contributed by atoms with Crippen LogP contribution in [0, 0.1) is 6.92 Å². The van der Waals surface area contributed by atoms with Gasteiger partial charge in [-0.15, -0.1) is 11.3 Å². The van der Waals surface area contributed by atoms with Gasteiger partial charge in [-0.1, -0.05) is 6.07 Å². The van der Waals surface area contributed by atoms with Crippen LogP contribution in [0.3, 0.4) is 0 Å². The number of sulfone groups is 1. The van der Waals surface area contributed by atoms with Gasteiger partial charge in [-0.2, -0.15) is 5.10 Å². The van der Waals surface area contributed by atoms with Crippen LogP contribution in [0.2, 0.25) is 0 Å². The molecular formula is C20H25N5O3S2. The molecule has 1 saturated heterocycles. The number of piperazine rings is 1. The number of thiophene rings is 1. The lowest BCUT2D eigenvalue weighted by atomic mass is 10.1. The van der Waals surface area contributed by atoms with Gasteiger partial charge in [0.05, 0.1) is 29.4 Å². The minimum Gasteiger partial charge on any atom is -0.336 e. The Balaban J connectivity index is 1.50. The average Bonchev–Trinajstić information content (AvgIpc) is 3.36. The molecule has 10 heteroatoms. The van der Waals surface area contributed by atoms with Crippen molar-refractivity contribution in [3.63, 3.8) is 0 Å². The van der Waals surface area contributed by atoms with Crippen LogP contribution in [-0.4, -0.2) is 83.6 Å². The van der Waals surface area contributed by atoms with E-state index in [1.54, 1.807) is 17.5 Å². The van der Waals surface area contributed by atoms with Gasteiger partial charge in [0, 0.05) is 49.6 Å². The van der Waals surface area contributed by atoms with Crippen molar-refractivity contribution in [1.82, 2.24) is 24.6 Å². The lowest BCUT2D eigenvalue weighted by Gasteiger charge is -2.34. The second-order valence-electron chi connectivity index (χ2n) is 7.69. The molecule has 0 saturated carbocycles. The van der Waals surface area contributed by atoms with Crippen LogP contribution >= 0.6 is 11.3 Å². The lowest BCUT2D eigenvalue weighted by molar-refractivity contribution is 0.0646. The lowest BCUT2D eigenvalue weighted by Crippen LogP contribution is -2.49. The number of rotatable bonds is 6. The normalized spacial score (nSPS) is 15.7. The molecule has 1 fully saturated rings. The number of amides is 1. The number of carbonyl (C=O) groups is 1. The quantitative estimate of drug-likeness (QED) is 0.571. The summed E-state index contributed by atoms with van der Waals surface area (Å²) < 4.78 is 24.6. The SMILES string of the molecule is Cc1cc(C(=O)N2CCN(CCS(C)(=O)=O)CC2)c2cnn(Cc3cccs3)c2n1. The minimum atomic E-state index is -2.98. The summed E-state index contributed by atoms with van der Waals surface area (Å²) in [4.78, 5) is 23.0. The maximum atomic E-state index is 13.3. The van der Waals surface area contributed by atoms with E-state index < -0.39 is 9.84 Å². The van der Waals surface area contributed by atoms with Gasteiger partial charge < -0.3 is 4.90 Å². The van der Waals surface area contributed by atoms with Gasteiger partial charge in [-0.25, -0.2) is 18.1 Å². The van der Waals surface area contributed by atoms with Gasteiger partial charge >= 0.3 is 0 Å². The van der Waals surface area contributed by atoms with E-state index in [0.29, 0.717) is 44.8 Å². The average molecular weight is 448 g/mol. The highest BCUT2D eigenvalue weighted by Crippen LogP contribution is 2.22. The Labute approximate surface area is 180 Å². The fourth-order valence-electron chi connectivity index (χ4n) is 3.66. The number of hydrogen-bond donors (Lipinski definition) is 0. The van der Waals surface area contributed by atoms with Crippen LogP contribution in [0.15, 0.2) is 29.8 Å². The highest BCUT2D eigenvalue weighted by atomic mass is 32.2. The zero-order valence-electron chi connectivity index (χ0n) is 17.1. The highest BCUT2D eigenvalue weighted by molar-refractivity contribution is 7.90. The molecule has 0 spiro atoms. The fourth-order valence-corrected chi connectivity index (χ4v) is 4.93. The van der Waals surface area contributed by atoms with Crippen molar-refractivity contribution in [3.8, 4) is 0 Å². The standard InChI is InChI=1S/C20H25N5O3S2/c1-15-12-17(18-13-21-25(19(18)22-15)14-16-4-3-10-29-16)20(26)24-7-5-23(6-8-24)9-11-30(2,27)28/h3-4,10,12-13H,5-9,11,14H2,1-2H3. The molecule has 3 aromatic rings. The third-order valence-corrected chi connectivity index (χ3v) is 7.08. The molecule has 1 aliphatic heterocycles. The topological polar surface area (TPSA) is 88.4 Å². The second kappa shape index (κ2) is 8.44. The summed E-state index contributed by atoms with van der Waals surface area (Å²) in [5.74, 6) is 0.123. The van der Waals surface area contributed by atoms with Gasteiger partial charge in [0.2, 0.25) is 0 Å². The maximum absolute atomic E-state index is 13.3. The van der Waals surface area contributed by atoms with Gasteiger partial charge in [0.25, 0.3) is 5.91 Å². The first-order chi connectivity index (χ1) is 14.3. The highest BCUT2D eigenvalue weighted by Gasteiger charge is 2.25. The minimum absolute atomic E-state index is 0.0241. The smallest absolute Gasteiger partial charge is 0.254 e. The molecule has 4 rings (SSSR count). The molecule has 160 valence electrons. The Morgan fingerprint density at radius 1 is 1.23 bits per heavy atom. The summed E-state index contributed by atoms with van der Waals surface area (Å²) >= 11 is 1.67. The van der Waals surface area contributed by atoms with Crippen LogP contribution in [0.4, 0.5) is 0 Å². The van der Waals surface area contributed by atoms with Crippen LogP contribution in [0.25, 0.3) is 11.0 Å². The molecule has 0 aliphatic carbocycles. The number of aromatic nitrogens is 3. The van der Waals surface area contributed by atoms with E-state index in [9.17, 15) is 13.2 Å². The molecule has 4 heterocycles. The molecule has 0 atom stereocenters. The Kier molecular flexibility index (Phi) is 5.90. The second-order valence-corrected chi connectivity index (χ2v) is 11.0. The summed E-state index contributed by atoms with van der Waals surface area (Å²) in [5.41, 5.74) is 2.13. The third-order valence-electron chi connectivity index (χ3n) is 5.29. The van der Waals surface area contributed by atoms with Gasteiger partial charge in [-0.3, -0.25) is 9.69 Å². The molecule has 1 amide bonds. The van der Waals surface area contributed by atoms with E-state index in [1.165, 1.54) is 11.1 Å². The van der Waals surface area contributed by atoms with Crippen LogP contribution in [-0.2, 0) is 16.4 Å². The fraction of sp³-hybridized carbons (Fsp3) is 0.450. The van der Waals surface area contributed by atoms with Gasteiger partial charge in [0.1, 0.15) is 9.84 Å². The van der Waals surface area contributed by atoms with E-state index >= 15 is 0 Å². The molecule has 3 aromatic heterocycles. The van der Waals surface area contributed by atoms with Crippen molar-refractivity contribution < 1.29 is 13.2 Å². The van der Waals surface area contributed by atoms with Crippen molar-refractivity contribution in [2.75, 3.05) is 44.7 Å². The molecule has 8 nitrogen and oxygen atoms in total. The first-order valence-electron chi connectivity index (χ1n) is 9.85. The van der Waals surface area contributed by atoms with E-state index in [2.05, 4.69) is 21.0 Å². The largest absolute Gasteiger partial charge is 0.336 e. The molecule has 0 bridgehead atoms. The van der Waals surface area contributed by atoms with Crippen LogP contribution in [0.5, 0.6) is 0 Å². The van der Waals surface area contributed by atoms with Crippen LogP contribution < -0.4 is 0 Å². The summed E-state index contributed by atoms with van der Waals surface area (Å²) in [6.45, 7) is 5.53. The Morgan fingerprint density at radius 3 is 2.67 bits per heavy atom. The zero-order chi connectivity index (χ0) is 21.3. The maximum Gasteiger partial charge on any atom is 0.254 e. The Morgan fingerprint density at radius 2 is 2.00 bits per heavy atom. The summed E-state index contributed by atoms with van der Waals surface area (Å²) in [7, 11) is -2.98. The van der Waals surface area contributed by atoms with Crippen molar-refractivity contribution in [2.24, 2.45) is 0 Å². The molecule has 0 N–H and O–H groups in total. The predicted octanol–water partition coefficient (Wildman–Crippen LogP) is 1.65. The van der Waals surface area contributed by atoms with Gasteiger partial charge in [-0.05, 0) is 24.4 Å². The number of aryl methyl sites for hydroxylation is 1. The van der Waals surface area contributed by atoms with Crippen LogP contribution in [0.1, 0.15) is 20.9 Å². The Bertz CT molecular complexity index is 1150. The zero-order valence-corrected chi connectivity index (χ0v) is 18.7. The molecular weight excluding hydrogens is 422 g/mol. The van der Waals surface area contributed by atoms with Gasteiger partial charge in [0.15, 0.2) is 5.65 Å². The molecule has 0 unspecified atom stereocenters. The number of fused-ring (bicyclic) bond motifs is 1. The molecule has 0 aromatic carbocycles. The summed E-state index contributed by atoms with van der Waals surface area (Å²) in [5, 5.41) is 7.28. The third kappa shape index (κ3) is 4.71. The van der Waals surface area contributed by atoms with Crippen molar-refractivity contribution >= 4 is 38.1 Å². The predicted molar refractivity (Wildman–Crippen MR) is 118 cm³/mol. The number of carbonyl (C=O) groups excluding carboxylic acids is 1. The molecule has 30 heavy (non-hydrogen) atoms. The monoisotopic (exact) mass is 447 g/mol. The molecule has 0 radical (unpaired) electrons. The van der Waals surface area contributed by atoms with Crippen molar-refractivity contribution in [2.45, 2.75) is 13.5 Å². The Hall–Kier alpha value is -2.30. The summed E-state index contributed by atoms with van der Waals surface area (Å²) in [6.07, 6.45) is 2.98.